The summed E-state index contributed by atoms with van der Waals surface area (Å²) in [5.41, 5.74) is 12.0. The third kappa shape index (κ3) is 2.36. The number of aryl methyl sites for hydroxylation is 5. The van der Waals surface area contributed by atoms with Gasteiger partial charge in [0.15, 0.2) is 11.2 Å². The minimum Gasteiger partial charge on any atom is -0.440 e. The smallest absolute Gasteiger partial charge is 0.204 e. The van der Waals surface area contributed by atoms with E-state index >= 15 is 0 Å². The summed E-state index contributed by atoms with van der Waals surface area (Å²) in [6.45, 7) is 14.7. The molecule has 4 rings (SSSR count). The Morgan fingerprint density at radius 1 is 0.615 bits per heavy atom. The first-order valence-corrected chi connectivity index (χ1v) is 9.00. The average Bonchev–Trinajstić information content (AvgIpc) is 3.21. The Bertz CT molecular complexity index is 1130. The summed E-state index contributed by atoms with van der Waals surface area (Å²) < 4.78 is 12.1. The molecule has 0 bridgehead atoms. The highest BCUT2D eigenvalue weighted by atomic mass is 16.4. The van der Waals surface area contributed by atoms with Crippen molar-refractivity contribution in [2.45, 2.75) is 54.9 Å². The number of hydrogen-bond acceptors (Lipinski definition) is 4. The maximum Gasteiger partial charge on any atom is 0.204 e. The van der Waals surface area contributed by atoms with Crippen LogP contribution in [-0.4, -0.2) is 9.97 Å². The molecule has 4 heteroatoms. The fourth-order valence-corrected chi connectivity index (χ4v) is 3.63. The molecule has 2 aromatic carbocycles. The Morgan fingerprint density at radius 2 is 1.15 bits per heavy atom. The molecular formula is C22H24N2O2. The minimum atomic E-state index is 0.457. The lowest BCUT2D eigenvalue weighted by molar-refractivity contribution is 0.487. The molecule has 0 unspecified atom stereocenters. The predicted molar refractivity (Wildman–Crippen MR) is 104 cm³/mol. The second-order valence-corrected chi connectivity index (χ2v) is 7.38. The third-order valence-electron chi connectivity index (χ3n) is 5.77. The molecule has 2 heterocycles. The van der Waals surface area contributed by atoms with Crippen LogP contribution in [0, 0.1) is 48.5 Å². The molecule has 0 atom stereocenters. The van der Waals surface area contributed by atoms with Gasteiger partial charge in [0.1, 0.15) is 17.5 Å². The Labute approximate surface area is 153 Å². The first-order chi connectivity index (χ1) is 12.3. The molecule has 26 heavy (non-hydrogen) atoms. The van der Waals surface area contributed by atoms with Crippen molar-refractivity contribution in [1.29, 1.82) is 0 Å². The van der Waals surface area contributed by atoms with E-state index in [1.165, 1.54) is 22.3 Å². The molecule has 4 aromatic rings. The van der Waals surface area contributed by atoms with Crippen LogP contribution in [0.1, 0.15) is 50.7 Å². The number of aromatic nitrogens is 2. The minimum absolute atomic E-state index is 0.457. The van der Waals surface area contributed by atoms with Crippen LogP contribution in [0.3, 0.4) is 0 Å². The van der Waals surface area contributed by atoms with Gasteiger partial charge in [-0.3, -0.25) is 0 Å². The van der Waals surface area contributed by atoms with Gasteiger partial charge in [-0.25, -0.2) is 9.97 Å². The Hall–Kier alpha value is -2.62. The van der Waals surface area contributed by atoms with Gasteiger partial charge in [-0.2, -0.15) is 0 Å². The largest absolute Gasteiger partial charge is 0.440 e. The van der Waals surface area contributed by atoms with Crippen LogP contribution < -0.4 is 0 Å². The molecule has 0 aliphatic carbocycles. The van der Waals surface area contributed by atoms with E-state index in [4.69, 9.17) is 18.8 Å². The maximum atomic E-state index is 6.09. The van der Waals surface area contributed by atoms with E-state index in [1.807, 2.05) is 0 Å². The first-order valence-electron chi connectivity index (χ1n) is 9.00. The van der Waals surface area contributed by atoms with E-state index in [0.717, 1.165) is 38.9 Å². The van der Waals surface area contributed by atoms with Crippen molar-refractivity contribution in [3.05, 3.63) is 56.8 Å². The highest BCUT2D eigenvalue weighted by Crippen LogP contribution is 2.31. The maximum absolute atomic E-state index is 6.09. The van der Waals surface area contributed by atoms with Crippen LogP contribution in [0.5, 0.6) is 0 Å². The zero-order chi connectivity index (χ0) is 18.7. The highest BCUT2D eigenvalue weighted by molar-refractivity contribution is 5.83. The van der Waals surface area contributed by atoms with E-state index in [-0.39, 0.29) is 0 Å². The number of oxazole rings is 2. The van der Waals surface area contributed by atoms with Gasteiger partial charge >= 0.3 is 0 Å². The van der Waals surface area contributed by atoms with Gasteiger partial charge in [-0.15, -0.1) is 0 Å². The number of nitrogens with zero attached hydrogens (tertiary/aromatic N) is 2. The monoisotopic (exact) mass is 348 g/mol. The zero-order valence-electron chi connectivity index (χ0n) is 16.5. The molecule has 4 nitrogen and oxygen atoms in total. The summed E-state index contributed by atoms with van der Waals surface area (Å²) in [6.07, 6.45) is 0.457. The first kappa shape index (κ1) is 16.8. The van der Waals surface area contributed by atoms with Crippen molar-refractivity contribution in [1.82, 2.24) is 9.97 Å². The Kier molecular flexibility index (Phi) is 3.69. The summed E-state index contributed by atoms with van der Waals surface area (Å²) in [4.78, 5) is 9.45. The van der Waals surface area contributed by atoms with Crippen LogP contribution in [0.15, 0.2) is 14.9 Å². The standard InChI is InChI=1S/C22H24N2O2/c1-10-8-11(2)21-19(12(10)3)23-17(25-21)9-18-24-20-15(6)13(4)14(5)16(7)22(20)26-18/h8H,9H2,1-7H3. The normalized spacial score (nSPS) is 11.8. The van der Waals surface area contributed by atoms with Crippen molar-refractivity contribution in [3.63, 3.8) is 0 Å². The topological polar surface area (TPSA) is 52.1 Å². The van der Waals surface area contributed by atoms with Crippen molar-refractivity contribution in [2.24, 2.45) is 0 Å². The summed E-state index contributed by atoms with van der Waals surface area (Å²) in [5.74, 6) is 1.29. The van der Waals surface area contributed by atoms with Gasteiger partial charge in [0.05, 0.1) is 0 Å². The molecule has 0 saturated heterocycles. The lowest BCUT2D eigenvalue weighted by atomic mass is 9.98. The molecular weight excluding hydrogens is 324 g/mol. The van der Waals surface area contributed by atoms with Gasteiger partial charge in [0.25, 0.3) is 0 Å². The summed E-state index contributed by atoms with van der Waals surface area (Å²) in [5, 5.41) is 0. The summed E-state index contributed by atoms with van der Waals surface area (Å²) in [6, 6.07) is 2.14. The van der Waals surface area contributed by atoms with Gasteiger partial charge in [-0.05, 0) is 87.4 Å². The SMILES string of the molecule is Cc1cc(C)c2oc(Cc3nc4c(C)c(C)c(C)c(C)c4o3)nc2c1C. The third-order valence-corrected chi connectivity index (χ3v) is 5.77. The van der Waals surface area contributed by atoms with Crippen LogP contribution in [0.2, 0.25) is 0 Å². The van der Waals surface area contributed by atoms with Gasteiger partial charge in [-0.1, -0.05) is 6.07 Å². The fraction of sp³-hybridized carbons (Fsp3) is 0.364. The highest BCUT2D eigenvalue weighted by Gasteiger charge is 2.18. The molecule has 0 N–H and O–H groups in total. The fourth-order valence-electron chi connectivity index (χ4n) is 3.63. The van der Waals surface area contributed by atoms with E-state index in [2.05, 4.69) is 54.5 Å². The number of hydrogen-bond donors (Lipinski definition) is 0. The van der Waals surface area contributed by atoms with Gasteiger partial charge in [0.2, 0.25) is 11.8 Å². The molecule has 0 fully saturated rings. The van der Waals surface area contributed by atoms with Crippen molar-refractivity contribution < 1.29 is 8.83 Å². The van der Waals surface area contributed by atoms with Crippen LogP contribution in [0.4, 0.5) is 0 Å². The lowest BCUT2D eigenvalue weighted by Gasteiger charge is -2.08. The average molecular weight is 348 g/mol. The molecule has 0 aliphatic heterocycles. The number of benzene rings is 2. The quantitative estimate of drug-likeness (QED) is 0.465. The summed E-state index contributed by atoms with van der Waals surface area (Å²) in [7, 11) is 0. The molecule has 2 aromatic heterocycles. The van der Waals surface area contributed by atoms with Crippen LogP contribution in [-0.2, 0) is 6.42 Å². The Morgan fingerprint density at radius 3 is 1.81 bits per heavy atom. The van der Waals surface area contributed by atoms with E-state index in [1.54, 1.807) is 0 Å². The molecule has 0 radical (unpaired) electrons. The molecule has 0 aliphatic rings. The van der Waals surface area contributed by atoms with Gasteiger partial charge < -0.3 is 8.83 Å². The van der Waals surface area contributed by atoms with Crippen molar-refractivity contribution in [3.8, 4) is 0 Å². The zero-order valence-corrected chi connectivity index (χ0v) is 16.5. The van der Waals surface area contributed by atoms with E-state index < -0.39 is 0 Å². The van der Waals surface area contributed by atoms with E-state index in [0.29, 0.717) is 18.2 Å². The lowest BCUT2D eigenvalue weighted by Crippen LogP contribution is -1.92. The Balaban J connectivity index is 1.82. The molecule has 0 saturated carbocycles. The van der Waals surface area contributed by atoms with Crippen molar-refractivity contribution in [2.75, 3.05) is 0 Å². The molecule has 0 amide bonds. The number of fused-ring (bicyclic) bond motifs is 2. The van der Waals surface area contributed by atoms with Crippen LogP contribution >= 0.6 is 0 Å². The molecule has 0 spiro atoms. The number of rotatable bonds is 2. The summed E-state index contributed by atoms with van der Waals surface area (Å²) >= 11 is 0. The second-order valence-electron chi connectivity index (χ2n) is 7.38. The second kappa shape index (κ2) is 5.70. The van der Waals surface area contributed by atoms with E-state index in [9.17, 15) is 0 Å². The van der Waals surface area contributed by atoms with Gasteiger partial charge in [0, 0.05) is 0 Å². The molecule has 134 valence electrons. The van der Waals surface area contributed by atoms with Crippen LogP contribution in [0.25, 0.3) is 22.2 Å². The predicted octanol–water partition coefficient (Wildman–Crippen LogP) is 5.72. The van der Waals surface area contributed by atoms with Crippen molar-refractivity contribution >= 4 is 22.2 Å².